The lowest BCUT2D eigenvalue weighted by atomic mass is 10.1. The summed E-state index contributed by atoms with van der Waals surface area (Å²) in [7, 11) is 3.04. The summed E-state index contributed by atoms with van der Waals surface area (Å²) < 4.78 is 16.1. The number of methoxy groups -OCH3 is 2. The number of nitrogens with one attached hydrogen (secondary N) is 2. The van der Waals surface area contributed by atoms with Gasteiger partial charge in [-0.3, -0.25) is 9.59 Å². The van der Waals surface area contributed by atoms with Crippen LogP contribution in [0.25, 0.3) is 0 Å². The van der Waals surface area contributed by atoms with E-state index in [1.807, 2.05) is 32.0 Å². The maximum absolute atomic E-state index is 12.3. The molecule has 176 valence electrons. The van der Waals surface area contributed by atoms with Crippen molar-refractivity contribution < 1.29 is 23.8 Å². The molecule has 3 rings (SSSR count). The first-order valence-electron chi connectivity index (χ1n) is 10.5. The molecule has 0 saturated carbocycles. The highest BCUT2D eigenvalue weighted by molar-refractivity contribution is 5.95. The van der Waals surface area contributed by atoms with Crippen LogP contribution in [0, 0.1) is 13.8 Å². The predicted octanol–water partition coefficient (Wildman–Crippen LogP) is 4.10. The second-order valence-corrected chi connectivity index (χ2v) is 7.48. The lowest BCUT2D eigenvalue weighted by Crippen LogP contribution is -2.20. The number of ether oxygens (including phenoxy) is 3. The molecule has 2 N–H and O–H groups in total. The van der Waals surface area contributed by atoms with Crippen LogP contribution in [0.3, 0.4) is 0 Å². The monoisotopic (exact) mass is 461 g/mol. The molecule has 3 aromatic rings. The molecule has 8 nitrogen and oxygen atoms in total. The van der Waals surface area contributed by atoms with Gasteiger partial charge in [0.2, 0.25) is 0 Å². The third-order valence-corrected chi connectivity index (χ3v) is 5.05. The molecule has 0 fully saturated rings. The quantitative estimate of drug-likeness (QED) is 0.369. The Bertz CT molecular complexity index is 1210. The summed E-state index contributed by atoms with van der Waals surface area (Å²) in [5, 5.41) is 6.80. The molecule has 0 bridgehead atoms. The van der Waals surface area contributed by atoms with Gasteiger partial charge < -0.3 is 19.5 Å². The minimum atomic E-state index is -0.364. The van der Waals surface area contributed by atoms with E-state index in [-0.39, 0.29) is 18.4 Å². The van der Waals surface area contributed by atoms with Crippen molar-refractivity contribution in [2.45, 2.75) is 13.8 Å². The van der Waals surface area contributed by atoms with Gasteiger partial charge in [0.1, 0.15) is 5.75 Å². The van der Waals surface area contributed by atoms with E-state index >= 15 is 0 Å². The van der Waals surface area contributed by atoms with Gasteiger partial charge in [-0.2, -0.15) is 5.10 Å². The Morgan fingerprint density at radius 3 is 2.47 bits per heavy atom. The van der Waals surface area contributed by atoms with E-state index in [1.165, 1.54) is 20.4 Å². The van der Waals surface area contributed by atoms with Crippen molar-refractivity contribution >= 4 is 23.7 Å². The van der Waals surface area contributed by atoms with Crippen LogP contribution in [0.2, 0.25) is 0 Å². The van der Waals surface area contributed by atoms with E-state index in [9.17, 15) is 9.59 Å². The zero-order valence-electron chi connectivity index (χ0n) is 19.5. The van der Waals surface area contributed by atoms with E-state index in [4.69, 9.17) is 14.2 Å². The normalized spacial score (nSPS) is 10.6. The van der Waals surface area contributed by atoms with Crippen LogP contribution in [0.4, 0.5) is 5.69 Å². The van der Waals surface area contributed by atoms with Crippen molar-refractivity contribution in [1.29, 1.82) is 0 Å². The van der Waals surface area contributed by atoms with Crippen LogP contribution in [0.1, 0.15) is 27.0 Å². The van der Waals surface area contributed by atoms with E-state index in [0.29, 0.717) is 34.1 Å². The second kappa shape index (κ2) is 11.5. The van der Waals surface area contributed by atoms with E-state index in [2.05, 4.69) is 15.8 Å². The molecule has 8 heteroatoms. The predicted molar refractivity (Wildman–Crippen MR) is 131 cm³/mol. The number of hydrogen-bond acceptors (Lipinski definition) is 6. The van der Waals surface area contributed by atoms with Crippen molar-refractivity contribution in [2.75, 3.05) is 26.1 Å². The summed E-state index contributed by atoms with van der Waals surface area (Å²) in [6.07, 6.45) is 1.48. The molecule has 34 heavy (non-hydrogen) atoms. The summed E-state index contributed by atoms with van der Waals surface area (Å²) in [6, 6.07) is 17.6. The maximum atomic E-state index is 12.3. The number of amides is 2. The zero-order chi connectivity index (χ0) is 24.5. The number of hydrogen-bond donors (Lipinski definition) is 2. The second-order valence-electron chi connectivity index (χ2n) is 7.48. The fourth-order valence-corrected chi connectivity index (χ4v) is 3.04. The Hall–Kier alpha value is -4.33. The van der Waals surface area contributed by atoms with Gasteiger partial charge in [-0.25, -0.2) is 5.43 Å². The fourth-order valence-electron chi connectivity index (χ4n) is 3.04. The van der Waals surface area contributed by atoms with Gasteiger partial charge in [-0.1, -0.05) is 12.1 Å². The zero-order valence-corrected chi connectivity index (χ0v) is 19.5. The lowest BCUT2D eigenvalue weighted by molar-refractivity contribution is -0.118. The fraction of sp³-hybridized carbons (Fsp3) is 0.192. The lowest BCUT2D eigenvalue weighted by Gasteiger charge is -2.12. The van der Waals surface area contributed by atoms with E-state index < -0.39 is 0 Å². The number of carbonyl (C=O) groups is 2. The third-order valence-electron chi connectivity index (χ3n) is 5.05. The molecule has 2 amide bonds. The number of aryl methyl sites for hydroxylation is 2. The topological polar surface area (TPSA) is 98.3 Å². The number of hydrazone groups is 1. The van der Waals surface area contributed by atoms with Gasteiger partial charge in [0, 0.05) is 11.3 Å². The number of anilines is 1. The molecule has 0 aliphatic carbocycles. The van der Waals surface area contributed by atoms with Gasteiger partial charge in [-0.05, 0) is 79.1 Å². The first-order chi connectivity index (χ1) is 16.4. The van der Waals surface area contributed by atoms with Gasteiger partial charge in [0.15, 0.2) is 18.1 Å². The van der Waals surface area contributed by atoms with Crippen LogP contribution >= 0.6 is 0 Å². The SMILES string of the molecule is COc1cccc(C(=O)N/N=C/c2ccc(OCC(=O)Nc3ccc(C)c(C)c3)c(OC)c2)c1. The third kappa shape index (κ3) is 6.59. The standard InChI is InChI=1S/C26H27N3O5/c1-17-8-10-21(12-18(17)2)28-25(30)16-34-23-11-9-19(13-24(23)33-4)15-27-29-26(31)20-6-5-7-22(14-20)32-3/h5-15H,16H2,1-4H3,(H,28,30)(H,29,31)/b27-15+. The average molecular weight is 462 g/mol. The first kappa shape index (κ1) is 24.3. The Morgan fingerprint density at radius 1 is 0.912 bits per heavy atom. The van der Waals surface area contributed by atoms with E-state index in [0.717, 1.165) is 11.1 Å². The molecule has 3 aromatic carbocycles. The van der Waals surface area contributed by atoms with Gasteiger partial charge in [-0.15, -0.1) is 0 Å². The summed E-state index contributed by atoms with van der Waals surface area (Å²) in [6.45, 7) is 3.83. The summed E-state index contributed by atoms with van der Waals surface area (Å²) in [5.74, 6) is 0.782. The molecule has 0 atom stereocenters. The highest BCUT2D eigenvalue weighted by Gasteiger charge is 2.10. The molecule has 0 unspecified atom stereocenters. The van der Waals surface area contributed by atoms with Crippen LogP contribution in [0.15, 0.2) is 65.8 Å². The largest absolute Gasteiger partial charge is 0.497 e. The van der Waals surface area contributed by atoms with Crippen molar-refractivity contribution in [3.8, 4) is 17.2 Å². The van der Waals surface area contributed by atoms with Crippen LogP contribution in [0.5, 0.6) is 17.2 Å². The molecular weight excluding hydrogens is 434 g/mol. The summed E-state index contributed by atoms with van der Waals surface area (Å²) >= 11 is 0. The molecule has 0 saturated heterocycles. The molecule has 0 heterocycles. The maximum Gasteiger partial charge on any atom is 0.271 e. The number of nitrogens with zero attached hydrogens (tertiary/aromatic N) is 1. The highest BCUT2D eigenvalue weighted by atomic mass is 16.5. The molecule has 0 aromatic heterocycles. The average Bonchev–Trinajstić information content (AvgIpc) is 2.85. The number of carbonyl (C=O) groups excluding carboxylic acids is 2. The number of rotatable bonds is 9. The molecule has 0 radical (unpaired) electrons. The molecule has 0 spiro atoms. The Balaban J connectivity index is 1.57. The van der Waals surface area contributed by atoms with Crippen molar-refractivity contribution in [3.05, 3.63) is 82.9 Å². The minimum absolute atomic E-state index is 0.173. The van der Waals surface area contributed by atoms with Crippen LogP contribution in [-0.2, 0) is 4.79 Å². The Kier molecular flexibility index (Phi) is 8.23. The molecular formula is C26H27N3O5. The van der Waals surface area contributed by atoms with Crippen molar-refractivity contribution in [1.82, 2.24) is 5.43 Å². The van der Waals surface area contributed by atoms with Gasteiger partial charge in [0.25, 0.3) is 11.8 Å². The molecule has 0 aliphatic rings. The highest BCUT2D eigenvalue weighted by Crippen LogP contribution is 2.27. The number of benzene rings is 3. The minimum Gasteiger partial charge on any atom is -0.497 e. The van der Waals surface area contributed by atoms with Crippen LogP contribution in [-0.4, -0.2) is 38.9 Å². The Labute approximate surface area is 198 Å². The summed E-state index contributed by atoms with van der Waals surface area (Å²) in [5.41, 5.74) is 6.54. The smallest absolute Gasteiger partial charge is 0.271 e. The van der Waals surface area contributed by atoms with Crippen LogP contribution < -0.4 is 25.0 Å². The van der Waals surface area contributed by atoms with Crippen molar-refractivity contribution in [2.24, 2.45) is 5.10 Å². The van der Waals surface area contributed by atoms with E-state index in [1.54, 1.807) is 42.5 Å². The molecule has 0 aliphatic heterocycles. The first-order valence-corrected chi connectivity index (χ1v) is 10.5. The van der Waals surface area contributed by atoms with Gasteiger partial charge in [0.05, 0.1) is 20.4 Å². The Morgan fingerprint density at radius 2 is 1.74 bits per heavy atom. The van der Waals surface area contributed by atoms with Crippen molar-refractivity contribution in [3.63, 3.8) is 0 Å². The van der Waals surface area contributed by atoms with Gasteiger partial charge >= 0.3 is 0 Å². The summed E-state index contributed by atoms with van der Waals surface area (Å²) in [4.78, 5) is 24.5.